The van der Waals surface area contributed by atoms with Gasteiger partial charge in [-0.1, -0.05) is 0 Å². The lowest BCUT2D eigenvalue weighted by Gasteiger charge is -2.24. The number of aromatic nitrogens is 3. The molecule has 27 heavy (non-hydrogen) atoms. The third-order valence-electron chi connectivity index (χ3n) is 4.32. The summed E-state index contributed by atoms with van der Waals surface area (Å²) in [5.41, 5.74) is 1.65. The van der Waals surface area contributed by atoms with E-state index < -0.39 is 11.7 Å². The van der Waals surface area contributed by atoms with Crippen LogP contribution in [0.25, 0.3) is 11.5 Å². The number of nitrogens with one attached hydrogen (secondary N) is 1. The van der Waals surface area contributed by atoms with Gasteiger partial charge in [0.1, 0.15) is 11.6 Å². The van der Waals surface area contributed by atoms with Gasteiger partial charge in [-0.05, 0) is 39.0 Å². The SMILES string of the molecule is Cc1oc(-c2cnn(C)c2)nc1C(=O)Nc1ccc(N(C)C(C)C)c(F)c1. The fourth-order valence-corrected chi connectivity index (χ4v) is 2.60. The number of hydrogen-bond acceptors (Lipinski definition) is 5. The van der Waals surface area contributed by atoms with Crippen molar-refractivity contribution in [3.05, 3.63) is 47.9 Å². The molecule has 1 aromatic carbocycles. The van der Waals surface area contributed by atoms with Gasteiger partial charge in [-0.25, -0.2) is 9.37 Å². The number of hydrogen-bond donors (Lipinski definition) is 1. The molecule has 142 valence electrons. The van der Waals surface area contributed by atoms with Crippen LogP contribution in [0.5, 0.6) is 0 Å². The smallest absolute Gasteiger partial charge is 0.277 e. The number of halogens is 1. The van der Waals surface area contributed by atoms with Crippen LogP contribution in [0.2, 0.25) is 0 Å². The van der Waals surface area contributed by atoms with Crippen molar-refractivity contribution in [2.45, 2.75) is 26.8 Å². The molecule has 0 atom stereocenters. The van der Waals surface area contributed by atoms with Crippen molar-refractivity contribution in [1.82, 2.24) is 14.8 Å². The molecule has 8 heteroatoms. The minimum atomic E-state index is -0.462. The molecule has 0 radical (unpaired) electrons. The standard InChI is InChI=1S/C19H22FN5O2/c1-11(2)25(5)16-7-6-14(8-15(16)20)22-18(26)17-12(3)27-19(23-17)13-9-21-24(4)10-13/h6-11H,1-5H3,(H,22,26). The van der Waals surface area contributed by atoms with Crippen LogP contribution in [0.1, 0.15) is 30.1 Å². The maximum atomic E-state index is 14.4. The van der Waals surface area contributed by atoms with Gasteiger partial charge in [-0.15, -0.1) is 0 Å². The van der Waals surface area contributed by atoms with Crippen LogP contribution < -0.4 is 10.2 Å². The van der Waals surface area contributed by atoms with E-state index in [0.717, 1.165) is 0 Å². The second-order valence-electron chi connectivity index (χ2n) is 6.65. The maximum absolute atomic E-state index is 14.4. The van der Waals surface area contributed by atoms with Gasteiger partial charge in [0, 0.05) is 32.0 Å². The van der Waals surface area contributed by atoms with Crippen LogP contribution >= 0.6 is 0 Å². The van der Waals surface area contributed by atoms with Gasteiger partial charge in [-0.3, -0.25) is 9.48 Å². The molecular formula is C19H22FN5O2. The fraction of sp³-hybridized carbons (Fsp3) is 0.316. The largest absolute Gasteiger partial charge is 0.440 e. The minimum Gasteiger partial charge on any atom is -0.440 e. The number of anilines is 2. The number of oxazole rings is 1. The van der Waals surface area contributed by atoms with E-state index in [-0.39, 0.29) is 11.7 Å². The minimum absolute atomic E-state index is 0.151. The van der Waals surface area contributed by atoms with E-state index >= 15 is 0 Å². The zero-order valence-electron chi connectivity index (χ0n) is 15.9. The molecule has 0 spiro atoms. The number of benzene rings is 1. The topological polar surface area (TPSA) is 76.2 Å². The summed E-state index contributed by atoms with van der Waals surface area (Å²) in [4.78, 5) is 18.6. The second-order valence-corrected chi connectivity index (χ2v) is 6.65. The van der Waals surface area contributed by atoms with Gasteiger partial charge in [0.2, 0.25) is 5.89 Å². The van der Waals surface area contributed by atoms with Crippen LogP contribution in [-0.2, 0) is 7.05 Å². The lowest BCUT2D eigenvalue weighted by atomic mass is 10.2. The van der Waals surface area contributed by atoms with Gasteiger partial charge in [-0.2, -0.15) is 5.10 Å². The van der Waals surface area contributed by atoms with E-state index in [0.29, 0.717) is 28.6 Å². The molecular weight excluding hydrogens is 349 g/mol. The highest BCUT2D eigenvalue weighted by Crippen LogP contribution is 2.25. The summed E-state index contributed by atoms with van der Waals surface area (Å²) in [7, 11) is 3.60. The zero-order valence-corrected chi connectivity index (χ0v) is 15.9. The van der Waals surface area contributed by atoms with Gasteiger partial charge in [0.25, 0.3) is 5.91 Å². The Kier molecular flexibility index (Phi) is 4.98. The number of nitrogens with zero attached hydrogens (tertiary/aromatic N) is 4. The highest BCUT2D eigenvalue weighted by Gasteiger charge is 2.20. The highest BCUT2D eigenvalue weighted by atomic mass is 19.1. The van der Waals surface area contributed by atoms with Crippen LogP contribution in [0, 0.1) is 12.7 Å². The van der Waals surface area contributed by atoms with Crippen LogP contribution in [0.4, 0.5) is 15.8 Å². The van der Waals surface area contributed by atoms with Crippen molar-refractivity contribution in [1.29, 1.82) is 0 Å². The molecule has 0 unspecified atom stereocenters. The summed E-state index contributed by atoms with van der Waals surface area (Å²) in [6, 6.07) is 4.75. The van der Waals surface area contributed by atoms with Crippen LogP contribution in [0.15, 0.2) is 35.0 Å². The molecule has 0 saturated carbocycles. The molecule has 2 heterocycles. The van der Waals surface area contributed by atoms with Crippen molar-refractivity contribution in [2.24, 2.45) is 7.05 Å². The molecule has 1 amide bonds. The maximum Gasteiger partial charge on any atom is 0.277 e. The Balaban J connectivity index is 1.80. The average Bonchev–Trinajstić information content (AvgIpc) is 3.20. The summed E-state index contributed by atoms with van der Waals surface area (Å²) in [5.74, 6) is -0.179. The zero-order chi connectivity index (χ0) is 19.7. The van der Waals surface area contributed by atoms with Gasteiger partial charge >= 0.3 is 0 Å². The predicted molar refractivity (Wildman–Crippen MR) is 101 cm³/mol. The first-order valence-electron chi connectivity index (χ1n) is 8.56. The molecule has 3 rings (SSSR count). The number of amides is 1. The Morgan fingerprint density at radius 2 is 2.11 bits per heavy atom. The van der Waals surface area contributed by atoms with E-state index in [2.05, 4.69) is 15.4 Å². The third kappa shape index (κ3) is 3.84. The Hall–Kier alpha value is -3.16. The molecule has 0 aliphatic heterocycles. The van der Waals surface area contributed by atoms with Crippen LogP contribution in [0.3, 0.4) is 0 Å². The first kappa shape index (κ1) is 18.6. The number of carbonyl (C=O) groups is 1. The van der Waals surface area contributed by atoms with Crippen molar-refractivity contribution < 1.29 is 13.6 Å². The van der Waals surface area contributed by atoms with Crippen molar-refractivity contribution >= 4 is 17.3 Å². The molecule has 0 aliphatic rings. The number of aryl methyl sites for hydroxylation is 2. The molecule has 0 aliphatic carbocycles. The predicted octanol–water partition coefficient (Wildman–Crippen LogP) is 3.62. The van der Waals surface area contributed by atoms with Crippen LogP contribution in [-0.4, -0.2) is 33.8 Å². The van der Waals surface area contributed by atoms with E-state index in [1.165, 1.54) is 6.07 Å². The lowest BCUT2D eigenvalue weighted by molar-refractivity contribution is 0.102. The number of rotatable bonds is 5. The molecule has 3 aromatic rings. The van der Waals surface area contributed by atoms with Gasteiger partial charge in [0.15, 0.2) is 5.69 Å². The summed E-state index contributed by atoms with van der Waals surface area (Å²) in [6.07, 6.45) is 3.35. The third-order valence-corrected chi connectivity index (χ3v) is 4.32. The van der Waals surface area contributed by atoms with E-state index in [9.17, 15) is 9.18 Å². The monoisotopic (exact) mass is 371 g/mol. The van der Waals surface area contributed by atoms with E-state index in [4.69, 9.17) is 4.42 Å². The summed E-state index contributed by atoms with van der Waals surface area (Å²) in [5, 5.41) is 6.72. The van der Waals surface area contributed by atoms with Crippen molar-refractivity contribution in [2.75, 3.05) is 17.3 Å². The normalized spacial score (nSPS) is 11.1. The Morgan fingerprint density at radius 1 is 1.37 bits per heavy atom. The van der Waals surface area contributed by atoms with E-state index in [1.54, 1.807) is 43.2 Å². The summed E-state index contributed by atoms with van der Waals surface area (Å²) >= 11 is 0. The summed E-state index contributed by atoms with van der Waals surface area (Å²) < 4.78 is 21.6. The first-order chi connectivity index (χ1) is 12.8. The van der Waals surface area contributed by atoms with Crippen molar-refractivity contribution in [3.8, 4) is 11.5 Å². The Morgan fingerprint density at radius 3 is 2.70 bits per heavy atom. The van der Waals surface area contributed by atoms with Gasteiger partial charge in [0.05, 0.1) is 17.4 Å². The Bertz CT molecular complexity index is 976. The molecule has 0 fully saturated rings. The van der Waals surface area contributed by atoms with E-state index in [1.807, 2.05) is 25.8 Å². The first-order valence-corrected chi connectivity index (χ1v) is 8.56. The molecule has 0 bridgehead atoms. The highest BCUT2D eigenvalue weighted by molar-refractivity contribution is 6.03. The lowest BCUT2D eigenvalue weighted by Crippen LogP contribution is -2.26. The fourth-order valence-electron chi connectivity index (χ4n) is 2.60. The molecule has 2 aromatic heterocycles. The molecule has 0 saturated heterocycles. The average molecular weight is 371 g/mol. The quantitative estimate of drug-likeness (QED) is 0.741. The van der Waals surface area contributed by atoms with Gasteiger partial charge < -0.3 is 14.6 Å². The second kappa shape index (κ2) is 7.22. The molecule has 7 nitrogen and oxygen atoms in total. The Labute approximate surface area is 156 Å². The van der Waals surface area contributed by atoms with Crippen molar-refractivity contribution in [3.63, 3.8) is 0 Å². The number of carbonyl (C=O) groups excluding carboxylic acids is 1. The molecule has 1 N–H and O–H groups in total. The summed E-state index contributed by atoms with van der Waals surface area (Å²) in [6.45, 7) is 5.60.